The van der Waals surface area contributed by atoms with Gasteiger partial charge in [-0.1, -0.05) is 23.8 Å². The van der Waals surface area contributed by atoms with Crippen molar-refractivity contribution in [1.29, 1.82) is 0 Å². The van der Waals surface area contributed by atoms with Crippen LogP contribution in [0.3, 0.4) is 0 Å². The SMILES string of the molecule is C/C1=C/C/C=C\CCC1. The number of hydrogen-bond donors (Lipinski definition) is 0. The summed E-state index contributed by atoms with van der Waals surface area (Å²) in [4.78, 5) is 0. The molecule has 50 valence electrons. The van der Waals surface area contributed by atoms with Gasteiger partial charge in [-0.15, -0.1) is 0 Å². The molecular formula is C9H14. The normalized spacial score (nSPS) is 29.7. The molecule has 0 spiro atoms. The molecule has 0 fully saturated rings. The summed E-state index contributed by atoms with van der Waals surface area (Å²) in [5.41, 5.74) is 1.55. The number of rotatable bonds is 0. The Kier molecular flexibility index (Phi) is 2.56. The Hall–Kier alpha value is -0.520. The molecule has 9 heavy (non-hydrogen) atoms. The van der Waals surface area contributed by atoms with Gasteiger partial charge in [0.15, 0.2) is 0 Å². The van der Waals surface area contributed by atoms with E-state index >= 15 is 0 Å². The lowest BCUT2D eigenvalue weighted by atomic mass is 10.1. The molecule has 0 aromatic heterocycles. The van der Waals surface area contributed by atoms with Crippen molar-refractivity contribution in [3.8, 4) is 0 Å². The second-order valence-corrected chi connectivity index (χ2v) is 2.65. The highest BCUT2D eigenvalue weighted by Crippen LogP contribution is 2.10. The van der Waals surface area contributed by atoms with Crippen LogP contribution >= 0.6 is 0 Å². The third kappa shape index (κ3) is 2.50. The molecule has 0 aliphatic heterocycles. The van der Waals surface area contributed by atoms with E-state index in [1.807, 2.05) is 0 Å². The molecular weight excluding hydrogens is 108 g/mol. The van der Waals surface area contributed by atoms with Gasteiger partial charge in [-0.2, -0.15) is 0 Å². The maximum absolute atomic E-state index is 2.32. The Bertz CT molecular complexity index is 129. The smallest absolute Gasteiger partial charge is 0.0167 e. The van der Waals surface area contributed by atoms with Gasteiger partial charge in [0, 0.05) is 0 Å². The van der Waals surface area contributed by atoms with E-state index in [2.05, 4.69) is 25.2 Å². The van der Waals surface area contributed by atoms with Gasteiger partial charge in [0.1, 0.15) is 0 Å². The van der Waals surface area contributed by atoms with Crippen molar-refractivity contribution in [2.45, 2.75) is 32.6 Å². The zero-order chi connectivity index (χ0) is 6.53. The minimum absolute atomic E-state index is 1.14. The average molecular weight is 122 g/mol. The Labute approximate surface area is 57.3 Å². The molecule has 0 aromatic carbocycles. The minimum atomic E-state index is 1.14. The molecule has 0 saturated carbocycles. The molecule has 1 rings (SSSR count). The van der Waals surface area contributed by atoms with Crippen molar-refractivity contribution in [2.24, 2.45) is 0 Å². The quantitative estimate of drug-likeness (QED) is 0.433. The summed E-state index contributed by atoms with van der Waals surface area (Å²) >= 11 is 0. The van der Waals surface area contributed by atoms with Crippen LogP contribution in [0.1, 0.15) is 32.6 Å². The third-order valence-electron chi connectivity index (χ3n) is 1.71. The Balaban J connectivity index is 2.44. The van der Waals surface area contributed by atoms with Gasteiger partial charge < -0.3 is 0 Å². The first-order chi connectivity index (χ1) is 4.39. The molecule has 1 aliphatic carbocycles. The van der Waals surface area contributed by atoms with Crippen molar-refractivity contribution in [1.82, 2.24) is 0 Å². The van der Waals surface area contributed by atoms with Crippen LogP contribution in [-0.4, -0.2) is 0 Å². The summed E-state index contributed by atoms with van der Waals surface area (Å²) < 4.78 is 0. The summed E-state index contributed by atoms with van der Waals surface area (Å²) in [6.07, 6.45) is 11.9. The van der Waals surface area contributed by atoms with Gasteiger partial charge in [0.05, 0.1) is 0 Å². The fourth-order valence-corrected chi connectivity index (χ4v) is 1.08. The van der Waals surface area contributed by atoms with Crippen molar-refractivity contribution in [3.63, 3.8) is 0 Å². The van der Waals surface area contributed by atoms with E-state index in [4.69, 9.17) is 0 Å². The summed E-state index contributed by atoms with van der Waals surface area (Å²) in [6.45, 7) is 2.22. The van der Waals surface area contributed by atoms with Crippen molar-refractivity contribution >= 4 is 0 Å². The Morgan fingerprint density at radius 1 is 1.33 bits per heavy atom. The van der Waals surface area contributed by atoms with Crippen LogP contribution in [0.5, 0.6) is 0 Å². The second kappa shape index (κ2) is 3.49. The molecule has 0 radical (unpaired) electrons. The molecule has 0 N–H and O–H groups in total. The molecule has 1 aliphatic rings. The maximum Gasteiger partial charge on any atom is -0.0167 e. The van der Waals surface area contributed by atoms with Crippen LogP contribution in [0.15, 0.2) is 23.8 Å². The average Bonchev–Trinajstić information content (AvgIpc) is 1.79. The highest BCUT2D eigenvalue weighted by Gasteiger charge is 1.90. The lowest BCUT2D eigenvalue weighted by molar-refractivity contribution is 0.819. The van der Waals surface area contributed by atoms with Crippen molar-refractivity contribution < 1.29 is 0 Å². The number of hydrogen-bond acceptors (Lipinski definition) is 0. The highest BCUT2D eigenvalue weighted by atomic mass is 14.0. The van der Waals surface area contributed by atoms with Gasteiger partial charge >= 0.3 is 0 Å². The first-order valence-corrected chi connectivity index (χ1v) is 3.70. The minimum Gasteiger partial charge on any atom is -0.0882 e. The molecule has 0 amide bonds. The van der Waals surface area contributed by atoms with Gasteiger partial charge in [-0.25, -0.2) is 0 Å². The van der Waals surface area contributed by atoms with E-state index in [9.17, 15) is 0 Å². The molecule has 0 heterocycles. The number of allylic oxidation sites excluding steroid dienone is 4. The predicted molar refractivity (Wildman–Crippen MR) is 41.4 cm³/mol. The van der Waals surface area contributed by atoms with E-state index in [1.165, 1.54) is 19.3 Å². The van der Waals surface area contributed by atoms with Crippen LogP contribution in [0.25, 0.3) is 0 Å². The van der Waals surface area contributed by atoms with Gasteiger partial charge in [0.25, 0.3) is 0 Å². The van der Waals surface area contributed by atoms with Gasteiger partial charge in [0.2, 0.25) is 0 Å². The Morgan fingerprint density at radius 2 is 2.22 bits per heavy atom. The fraction of sp³-hybridized carbons (Fsp3) is 0.556. The molecule has 0 heteroatoms. The first-order valence-electron chi connectivity index (χ1n) is 3.70. The monoisotopic (exact) mass is 122 g/mol. The van der Waals surface area contributed by atoms with E-state index in [1.54, 1.807) is 5.57 Å². The van der Waals surface area contributed by atoms with Crippen LogP contribution in [0.2, 0.25) is 0 Å². The van der Waals surface area contributed by atoms with E-state index in [-0.39, 0.29) is 0 Å². The van der Waals surface area contributed by atoms with Crippen LogP contribution < -0.4 is 0 Å². The second-order valence-electron chi connectivity index (χ2n) is 2.65. The zero-order valence-corrected chi connectivity index (χ0v) is 6.06. The van der Waals surface area contributed by atoms with Crippen LogP contribution in [0.4, 0.5) is 0 Å². The van der Waals surface area contributed by atoms with Crippen LogP contribution in [0, 0.1) is 0 Å². The predicted octanol–water partition coefficient (Wildman–Crippen LogP) is 3.06. The van der Waals surface area contributed by atoms with Gasteiger partial charge in [-0.3, -0.25) is 0 Å². The van der Waals surface area contributed by atoms with Crippen molar-refractivity contribution in [3.05, 3.63) is 23.8 Å². The van der Waals surface area contributed by atoms with E-state index < -0.39 is 0 Å². The van der Waals surface area contributed by atoms with Gasteiger partial charge in [-0.05, 0) is 32.6 Å². The summed E-state index contributed by atoms with van der Waals surface area (Å²) in [5, 5.41) is 0. The molecule has 0 atom stereocenters. The lowest BCUT2D eigenvalue weighted by Crippen LogP contribution is -1.80. The summed E-state index contributed by atoms with van der Waals surface area (Å²) in [5.74, 6) is 0. The summed E-state index contributed by atoms with van der Waals surface area (Å²) in [7, 11) is 0. The third-order valence-corrected chi connectivity index (χ3v) is 1.71. The topological polar surface area (TPSA) is 0 Å². The maximum atomic E-state index is 2.32. The van der Waals surface area contributed by atoms with E-state index in [0.29, 0.717) is 0 Å². The highest BCUT2D eigenvalue weighted by molar-refractivity contribution is 5.04. The fourth-order valence-electron chi connectivity index (χ4n) is 1.08. The lowest BCUT2D eigenvalue weighted by Gasteiger charge is -2.00. The molecule has 0 nitrogen and oxygen atoms in total. The Morgan fingerprint density at radius 3 is 3.11 bits per heavy atom. The standard InChI is InChI=1S/C9H14/c1-9-7-5-3-2-4-6-8-9/h2-3,7H,4-6,8H2,1H3/b3-2-,9-7-. The van der Waals surface area contributed by atoms with Crippen LogP contribution in [-0.2, 0) is 0 Å². The van der Waals surface area contributed by atoms with E-state index in [0.717, 1.165) is 6.42 Å². The molecule has 0 unspecified atom stereocenters. The largest absolute Gasteiger partial charge is 0.0882 e. The van der Waals surface area contributed by atoms with Crippen molar-refractivity contribution in [2.75, 3.05) is 0 Å². The zero-order valence-electron chi connectivity index (χ0n) is 6.06. The molecule has 0 saturated heterocycles. The summed E-state index contributed by atoms with van der Waals surface area (Å²) in [6, 6.07) is 0. The molecule has 0 bridgehead atoms. The first kappa shape index (κ1) is 6.60. The molecule has 0 aromatic rings.